The molecule has 0 saturated heterocycles. The van der Waals surface area contributed by atoms with E-state index in [1.165, 1.54) is 11.8 Å². The van der Waals surface area contributed by atoms with Crippen molar-refractivity contribution < 1.29 is 19.1 Å². The standard InChI is InChI=1S/C20H23NO4S/c1-4-25-20(23)17-6-5-7-18(14(17)2)21-19(22)13-26-12-15-8-10-16(24-3)11-9-15/h5-11H,4,12-13H2,1-3H3,(H,21,22). The molecule has 138 valence electrons. The third kappa shape index (κ3) is 5.52. The van der Waals surface area contributed by atoms with Crippen molar-refractivity contribution in [1.29, 1.82) is 0 Å². The Morgan fingerprint density at radius 2 is 1.85 bits per heavy atom. The summed E-state index contributed by atoms with van der Waals surface area (Å²) in [5.41, 5.74) is 2.93. The summed E-state index contributed by atoms with van der Waals surface area (Å²) in [5.74, 6) is 1.39. The minimum Gasteiger partial charge on any atom is -0.497 e. The number of carbonyl (C=O) groups excluding carboxylic acids is 2. The lowest BCUT2D eigenvalue weighted by atomic mass is 10.1. The molecular formula is C20H23NO4S. The molecule has 0 aromatic heterocycles. The zero-order chi connectivity index (χ0) is 18.9. The maximum atomic E-state index is 12.2. The molecule has 5 nitrogen and oxygen atoms in total. The number of rotatable bonds is 8. The highest BCUT2D eigenvalue weighted by molar-refractivity contribution is 7.99. The van der Waals surface area contributed by atoms with E-state index >= 15 is 0 Å². The summed E-state index contributed by atoms with van der Waals surface area (Å²) in [7, 11) is 1.63. The van der Waals surface area contributed by atoms with Crippen molar-refractivity contribution in [3.8, 4) is 5.75 Å². The Labute approximate surface area is 158 Å². The molecule has 0 heterocycles. The van der Waals surface area contributed by atoms with Crippen LogP contribution in [0.1, 0.15) is 28.4 Å². The highest BCUT2D eigenvalue weighted by Crippen LogP contribution is 2.21. The summed E-state index contributed by atoms with van der Waals surface area (Å²) in [4.78, 5) is 24.1. The number of thioether (sulfide) groups is 1. The molecule has 6 heteroatoms. The third-order valence-corrected chi connectivity index (χ3v) is 4.77. The molecular weight excluding hydrogens is 350 g/mol. The van der Waals surface area contributed by atoms with E-state index in [-0.39, 0.29) is 11.9 Å². The van der Waals surface area contributed by atoms with Crippen molar-refractivity contribution in [1.82, 2.24) is 0 Å². The maximum Gasteiger partial charge on any atom is 0.338 e. The number of hydrogen-bond donors (Lipinski definition) is 1. The second kappa shape index (κ2) is 9.87. The van der Waals surface area contributed by atoms with Crippen LogP contribution in [0.25, 0.3) is 0 Å². The van der Waals surface area contributed by atoms with Gasteiger partial charge in [-0.3, -0.25) is 4.79 Å². The van der Waals surface area contributed by atoms with E-state index in [9.17, 15) is 9.59 Å². The van der Waals surface area contributed by atoms with Gasteiger partial charge < -0.3 is 14.8 Å². The molecule has 0 bridgehead atoms. The number of esters is 1. The average Bonchev–Trinajstić information content (AvgIpc) is 2.64. The van der Waals surface area contributed by atoms with E-state index in [0.29, 0.717) is 29.2 Å². The van der Waals surface area contributed by atoms with Crippen molar-refractivity contribution in [2.45, 2.75) is 19.6 Å². The molecule has 0 atom stereocenters. The summed E-state index contributed by atoms with van der Waals surface area (Å²) < 4.78 is 10.2. The van der Waals surface area contributed by atoms with Crippen LogP contribution in [0.5, 0.6) is 5.75 Å². The van der Waals surface area contributed by atoms with Gasteiger partial charge in [0.2, 0.25) is 5.91 Å². The number of hydrogen-bond acceptors (Lipinski definition) is 5. The lowest BCUT2D eigenvalue weighted by Crippen LogP contribution is -2.16. The van der Waals surface area contributed by atoms with E-state index in [2.05, 4.69) is 5.32 Å². The predicted molar refractivity (Wildman–Crippen MR) is 105 cm³/mol. The third-order valence-electron chi connectivity index (χ3n) is 3.76. The van der Waals surface area contributed by atoms with Gasteiger partial charge in [0.1, 0.15) is 5.75 Å². The Kier molecular flexibility index (Phi) is 7.53. The first-order chi connectivity index (χ1) is 12.5. The second-order valence-corrected chi connectivity index (χ2v) is 6.57. The van der Waals surface area contributed by atoms with E-state index in [1.54, 1.807) is 39.2 Å². The van der Waals surface area contributed by atoms with E-state index < -0.39 is 0 Å². The van der Waals surface area contributed by atoms with E-state index in [1.807, 2.05) is 24.3 Å². The van der Waals surface area contributed by atoms with Gasteiger partial charge in [-0.2, -0.15) is 0 Å². The Morgan fingerprint density at radius 3 is 2.50 bits per heavy atom. The number of amides is 1. The molecule has 1 amide bonds. The van der Waals surface area contributed by atoms with Crippen LogP contribution in [0.2, 0.25) is 0 Å². The first kappa shape index (κ1) is 19.8. The summed E-state index contributed by atoms with van der Waals surface area (Å²) in [5, 5.41) is 2.86. The maximum absolute atomic E-state index is 12.2. The number of ether oxygens (including phenoxy) is 2. The molecule has 0 fully saturated rings. The lowest BCUT2D eigenvalue weighted by Gasteiger charge is -2.12. The minimum absolute atomic E-state index is 0.104. The fraction of sp³-hybridized carbons (Fsp3) is 0.300. The Balaban J connectivity index is 1.89. The minimum atomic E-state index is -0.380. The molecule has 0 aliphatic heterocycles. The van der Waals surface area contributed by atoms with Gasteiger partial charge in [-0.25, -0.2) is 4.79 Å². The molecule has 0 spiro atoms. The largest absolute Gasteiger partial charge is 0.497 e. The predicted octanol–water partition coefficient (Wildman–Crippen LogP) is 4.05. The average molecular weight is 373 g/mol. The van der Waals surface area contributed by atoms with Crippen molar-refractivity contribution in [2.75, 3.05) is 24.8 Å². The number of methoxy groups -OCH3 is 1. The first-order valence-electron chi connectivity index (χ1n) is 8.32. The second-order valence-electron chi connectivity index (χ2n) is 5.59. The molecule has 0 aliphatic carbocycles. The molecule has 0 saturated carbocycles. The fourth-order valence-electron chi connectivity index (χ4n) is 2.37. The lowest BCUT2D eigenvalue weighted by molar-refractivity contribution is -0.113. The van der Waals surface area contributed by atoms with Gasteiger partial charge in [0.15, 0.2) is 0 Å². The van der Waals surface area contributed by atoms with Gasteiger partial charge in [0, 0.05) is 11.4 Å². The number of benzene rings is 2. The van der Waals surface area contributed by atoms with Crippen LogP contribution in [0.15, 0.2) is 42.5 Å². The quantitative estimate of drug-likeness (QED) is 0.707. The van der Waals surface area contributed by atoms with Gasteiger partial charge >= 0.3 is 5.97 Å². The topological polar surface area (TPSA) is 64.6 Å². The highest BCUT2D eigenvalue weighted by atomic mass is 32.2. The molecule has 2 rings (SSSR count). The van der Waals surface area contributed by atoms with Crippen LogP contribution in [0.4, 0.5) is 5.69 Å². The number of nitrogens with one attached hydrogen (secondary N) is 1. The van der Waals surface area contributed by atoms with Gasteiger partial charge in [0.05, 0.1) is 25.0 Å². The van der Waals surface area contributed by atoms with E-state index in [4.69, 9.17) is 9.47 Å². The van der Waals surface area contributed by atoms with Crippen LogP contribution >= 0.6 is 11.8 Å². The van der Waals surface area contributed by atoms with Crippen LogP contribution in [-0.4, -0.2) is 31.3 Å². The zero-order valence-electron chi connectivity index (χ0n) is 15.2. The first-order valence-corrected chi connectivity index (χ1v) is 9.48. The van der Waals surface area contributed by atoms with Crippen LogP contribution < -0.4 is 10.1 Å². The van der Waals surface area contributed by atoms with Crippen molar-refractivity contribution in [2.24, 2.45) is 0 Å². The fourth-order valence-corrected chi connectivity index (χ4v) is 3.16. The van der Waals surface area contributed by atoms with Crippen LogP contribution in [-0.2, 0) is 15.3 Å². The normalized spacial score (nSPS) is 10.3. The SMILES string of the molecule is CCOC(=O)c1cccc(NC(=O)CSCc2ccc(OC)cc2)c1C. The zero-order valence-corrected chi connectivity index (χ0v) is 16.0. The highest BCUT2D eigenvalue weighted by Gasteiger charge is 2.14. The van der Waals surface area contributed by atoms with Crippen molar-refractivity contribution >= 4 is 29.3 Å². The Morgan fingerprint density at radius 1 is 1.12 bits per heavy atom. The van der Waals surface area contributed by atoms with Gasteiger partial charge in [-0.1, -0.05) is 18.2 Å². The van der Waals surface area contributed by atoms with E-state index in [0.717, 1.165) is 17.1 Å². The summed E-state index contributed by atoms with van der Waals surface area (Å²) >= 11 is 1.53. The van der Waals surface area contributed by atoms with Crippen LogP contribution in [0.3, 0.4) is 0 Å². The summed E-state index contributed by atoms with van der Waals surface area (Å²) in [6.45, 7) is 3.88. The van der Waals surface area contributed by atoms with Gasteiger partial charge in [-0.15, -0.1) is 11.8 Å². The van der Waals surface area contributed by atoms with Crippen molar-refractivity contribution in [3.05, 3.63) is 59.2 Å². The molecule has 2 aromatic rings. The molecule has 0 radical (unpaired) electrons. The molecule has 2 aromatic carbocycles. The van der Waals surface area contributed by atoms with Crippen molar-refractivity contribution in [3.63, 3.8) is 0 Å². The summed E-state index contributed by atoms with van der Waals surface area (Å²) in [6, 6.07) is 13.0. The molecule has 0 aliphatic rings. The smallest absolute Gasteiger partial charge is 0.338 e. The molecule has 26 heavy (non-hydrogen) atoms. The molecule has 1 N–H and O–H groups in total. The number of carbonyl (C=O) groups is 2. The Hall–Kier alpha value is -2.47. The summed E-state index contributed by atoms with van der Waals surface area (Å²) in [6.07, 6.45) is 0. The molecule has 0 unspecified atom stereocenters. The number of anilines is 1. The van der Waals surface area contributed by atoms with Crippen LogP contribution in [0, 0.1) is 6.92 Å². The van der Waals surface area contributed by atoms with Gasteiger partial charge in [-0.05, 0) is 49.2 Å². The Bertz CT molecular complexity index is 759. The van der Waals surface area contributed by atoms with Gasteiger partial charge in [0.25, 0.3) is 0 Å². The monoisotopic (exact) mass is 373 g/mol.